The third kappa shape index (κ3) is 2.65. The van der Waals surface area contributed by atoms with Crippen molar-refractivity contribution in [2.24, 2.45) is 5.73 Å². The van der Waals surface area contributed by atoms with Crippen LogP contribution in [-0.4, -0.2) is 18.2 Å². The predicted octanol–water partition coefficient (Wildman–Crippen LogP) is 3.09. The summed E-state index contributed by atoms with van der Waals surface area (Å²) in [6.45, 7) is 0.867. The highest BCUT2D eigenvalue weighted by molar-refractivity contribution is 7.99. The summed E-state index contributed by atoms with van der Waals surface area (Å²) in [5, 5.41) is 3.40. The first kappa shape index (κ1) is 13.1. The highest BCUT2D eigenvalue weighted by atomic mass is 32.2. The van der Waals surface area contributed by atoms with Crippen molar-refractivity contribution in [1.82, 2.24) is 0 Å². The van der Waals surface area contributed by atoms with Crippen molar-refractivity contribution in [3.05, 3.63) is 59.7 Å². The van der Waals surface area contributed by atoms with Crippen LogP contribution in [0.25, 0.3) is 0 Å². The molecule has 0 saturated heterocycles. The summed E-state index contributed by atoms with van der Waals surface area (Å²) in [6, 6.07) is 15.9. The van der Waals surface area contributed by atoms with Gasteiger partial charge in [0.05, 0.1) is 0 Å². The van der Waals surface area contributed by atoms with Crippen molar-refractivity contribution >= 4 is 23.4 Å². The van der Waals surface area contributed by atoms with E-state index in [1.54, 1.807) is 12.1 Å². The average molecular weight is 284 g/mol. The molecule has 1 atom stereocenters. The minimum Gasteiger partial charge on any atom is -0.384 e. The van der Waals surface area contributed by atoms with Crippen LogP contribution in [0.2, 0.25) is 0 Å². The molecule has 0 aromatic heterocycles. The van der Waals surface area contributed by atoms with Crippen LogP contribution in [-0.2, 0) is 0 Å². The van der Waals surface area contributed by atoms with E-state index in [0.29, 0.717) is 11.5 Å². The van der Waals surface area contributed by atoms with E-state index in [-0.39, 0.29) is 0 Å². The number of nitrogens with two attached hydrogens (primary N) is 1. The van der Waals surface area contributed by atoms with E-state index in [1.165, 1.54) is 10.5 Å². The Morgan fingerprint density at radius 1 is 1.25 bits per heavy atom. The number of carbonyl (C=O) groups is 1. The average Bonchev–Trinajstić information content (AvgIpc) is 2.89. The first-order chi connectivity index (χ1) is 9.74. The fourth-order valence-corrected chi connectivity index (χ4v) is 3.68. The number of benzene rings is 2. The lowest BCUT2D eigenvalue weighted by Gasteiger charge is -2.13. The Morgan fingerprint density at radius 2 is 2.10 bits per heavy atom. The van der Waals surface area contributed by atoms with Gasteiger partial charge in [0, 0.05) is 34.4 Å². The van der Waals surface area contributed by atoms with Crippen molar-refractivity contribution < 1.29 is 4.79 Å². The molecule has 4 heteroatoms. The normalized spacial score (nSPS) is 16.7. The van der Waals surface area contributed by atoms with Crippen LogP contribution in [0.4, 0.5) is 5.69 Å². The molecular weight excluding hydrogens is 268 g/mol. The summed E-state index contributed by atoms with van der Waals surface area (Å²) >= 11 is 1.91. The number of hydrogen-bond acceptors (Lipinski definition) is 3. The molecule has 3 nitrogen and oxygen atoms in total. The molecule has 1 unspecified atom stereocenters. The first-order valence-corrected chi connectivity index (χ1v) is 7.58. The van der Waals surface area contributed by atoms with Crippen LogP contribution in [0.3, 0.4) is 0 Å². The fourth-order valence-electron chi connectivity index (χ4n) is 2.42. The van der Waals surface area contributed by atoms with E-state index in [4.69, 9.17) is 5.73 Å². The topological polar surface area (TPSA) is 55.1 Å². The Hall–Kier alpha value is -1.94. The van der Waals surface area contributed by atoms with Crippen molar-refractivity contribution in [2.45, 2.75) is 10.8 Å². The lowest BCUT2D eigenvalue weighted by Crippen LogP contribution is -2.14. The molecule has 102 valence electrons. The van der Waals surface area contributed by atoms with Gasteiger partial charge in [0.15, 0.2) is 0 Å². The Labute approximate surface area is 122 Å². The third-order valence-electron chi connectivity index (χ3n) is 3.50. The van der Waals surface area contributed by atoms with Gasteiger partial charge < -0.3 is 11.1 Å². The summed E-state index contributed by atoms with van der Waals surface area (Å²) in [7, 11) is 0. The Kier molecular flexibility index (Phi) is 3.65. The van der Waals surface area contributed by atoms with Crippen LogP contribution in [0, 0.1) is 0 Å². The zero-order chi connectivity index (χ0) is 13.9. The van der Waals surface area contributed by atoms with Crippen LogP contribution < -0.4 is 11.1 Å². The molecule has 0 spiro atoms. The lowest BCUT2D eigenvalue weighted by atomic mass is 10.0. The second-order valence-electron chi connectivity index (χ2n) is 4.87. The Morgan fingerprint density at radius 3 is 2.95 bits per heavy atom. The smallest absolute Gasteiger partial charge is 0.248 e. The zero-order valence-electron chi connectivity index (χ0n) is 11.0. The summed E-state index contributed by atoms with van der Waals surface area (Å²) < 4.78 is 0. The zero-order valence-corrected chi connectivity index (χ0v) is 11.8. The molecule has 2 aromatic carbocycles. The van der Waals surface area contributed by atoms with Crippen LogP contribution in [0.5, 0.6) is 0 Å². The van der Waals surface area contributed by atoms with E-state index in [9.17, 15) is 4.79 Å². The number of fused-ring (bicyclic) bond motifs is 1. The number of primary amides is 1. The van der Waals surface area contributed by atoms with Gasteiger partial charge in [-0.2, -0.15) is 0 Å². The maximum atomic E-state index is 11.2. The summed E-state index contributed by atoms with van der Waals surface area (Å²) in [5.41, 5.74) is 8.19. The van der Waals surface area contributed by atoms with Crippen molar-refractivity contribution in [2.75, 3.05) is 17.6 Å². The minimum absolute atomic E-state index is 0.393. The molecule has 1 aliphatic rings. The molecule has 0 fully saturated rings. The Bertz CT molecular complexity index is 642. The molecule has 1 heterocycles. The molecule has 0 saturated carbocycles. The largest absolute Gasteiger partial charge is 0.384 e. The van der Waals surface area contributed by atoms with Gasteiger partial charge in [-0.3, -0.25) is 4.79 Å². The summed E-state index contributed by atoms with van der Waals surface area (Å²) in [4.78, 5) is 12.5. The number of anilines is 1. The monoisotopic (exact) mass is 284 g/mol. The quantitative estimate of drug-likeness (QED) is 0.907. The fraction of sp³-hybridized carbons (Fsp3) is 0.188. The molecule has 0 radical (unpaired) electrons. The molecule has 0 bridgehead atoms. The van der Waals surface area contributed by atoms with E-state index in [2.05, 4.69) is 29.6 Å². The highest BCUT2D eigenvalue weighted by Crippen LogP contribution is 2.39. The van der Waals surface area contributed by atoms with Gasteiger partial charge in [0.1, 0.15) is 0 Å². The van der Waals surface area contributed by atoms with Gasteiger partial charge in [0.25, 0.3) is 0 Å². The van der Waals surface area contributed by atoms with Gasteiger partial charge in [-0.1, -0.05) is 24.3 Å². The molecule has 20 heavy (non-hydrogen) atoms. The number of amides is 1. The number of hydrogen-bond donors (Lipinski definition) is 2. The molecule has 3 N–H and O–H groups in total. The number of carbonyl (C=O) groups excluding carboxylic acids is 1. The maximum Gasteiger partial charge on any atom is 0.248 e. The van der Waals surface area contributed by atoms with Gasteiger partial charge >= 0.3 is 0 Å². The van der Waals surface area contributed by atoms with E-state index in [1.807, 2.05) is 23.9 Å². The Balaban J connectivity index is 1.69. The van der Waals surface area contributed by atoms with Gasteiger partial charge in [-0.05, 0) is 29.8 Å². The standard InChI is InChI=1S/C16H16N2OS/c17-16(19)11-4-3-5-13(8-11)18-9-12-10-20-15-7-2-1-6-14(12)15/h1-8,12,18H,9-10H2,(H2,17,19). The number of rotatable bonds is 4. The van der Waals surface area contributed by atoms with Crippen LogP contribution in [0.1, 0.15) is 21.8 Å². The second kappa shape index (κ2) is 5.59. The molecule has 3 rings (SSSR count). The third-order valence-corrected chi connectivity index (χ3v) is 4.75. The van der Waals surface area contributed by atoms with E-state index < -0.39 is 5.91 Å². The number of nitrogens with one attached hydrogen (secondary N) is 1. The molecule has 2 aromatic rings. The van der Waals surface area contributed by atoms with Gasteiger partial charge in [-0.25, -0.2) is 0 Å². The van der Waals surface area contributed by atoms with Crippen molar-refractivity contribution in [3.8, 4) is 0 Å². The van der Waals surface area contributed by atoms with Gasteiger partial charge in [0.2, 0.25) is 5.91 Å². The molecular formula is C16H16N2OS. The van der Waals surface area contributed by atoms with Crippen LogP contribution in [0.15, 0.2) is 53.4 Å². The molecule has 1 amide bonds. The maximum absolute atomic E-state index is 11.2. The highest BCUT2D eigenvalue weighted by Gasteiger charge is 2.22. The lowest BCUT2D eigenvalue weighted by molar-refractivity contribution is 0.100. The van der Waals surface area contributed by atoms with E-state index >= 15 is 0 Å². The van der Waals surface area contributed by atoms with Crippen molar-refractivity contribution in [1.29, 1.82) is 0 Å². The predicted molar refractivity (Wildman–Crippen MR) is 83.4 cm³/mol. The van der Waals surface area contributed by atoms with Crippen molar-refractivity contribution in [3.63, 3.8) is 0 Å². The van der Waals surface area contributed by atoms with E-state index in [0.717, 1.165) is 18.0 Å². The molecule has 1 aliphatic heterocycles. The SMILES string of the molecule is NC(=O)c1cccc(NCC2CSc3ccccc32)c1. The summed E-state index contributed by atoms with van der Waals surface area (Å²) in [6.07, 6.45) is 0. The number of thioether (sulfide) groups is 1. The summed E-state index contributed by atoms with van der Waals surface area (Å²) in [5.74, 6) is 1.21. The van der Waals surface area contributed by atoms with Gasteiger partial charge in [-0.15, -0.1) is 11.8 Å². The minimum atomic E-state index is -0.393. The van der Waals surface area contributed by atoms with Crippen LogP contribution >= 0.6 is 11.8 Å². The first-order valence-electron chi connectivity index (χ1n) is 6.59. The second-order valence-corrected chi connectivity index (χ2v) is 5.93. The molecule has 0 aliphatic carbocycles.